The standard InChI is InChI=1S/C13H21N3O2S2/c1-7(17)8-3-5-16(6-4-8)13-11(19-2)9(14)10(20-13)12(15)18/h7-8,17H,3-6,14H2,1-2H3,(H2,15,18). The largest absolute Gasteiger partial charge is 0.396 e. The Kier molecular flexibility index (Phi) is 4.82. The highest BCUT2D eigenvalue weighted by Crippen LogP contribution is 2.44. The number of anilines is 2. The Balaban J connectivity index is 2.21. The minimum atomic E-state index is -0.465. The summed E-state index contributed by atoms with van der Waals surface area (Å²) >= 11 is 2.93. The molecule has 1 saturated heterocycles. The molecule has 0 aliphatic carbocycles. The smallest absolute Gasteiger partial charge is 0.261 e. The summed E-state index contributed by atoms with van der Waals surface area (Å²) < 4.78 is 0. The number of thiophene rings is 1. The molecule has 20 heavy (non-hydrogen) atoms. The Hall–Kier alpha value is -0.920. The van der Waals surface area contributed by atoms with Crippen LogP contribution in [0.25, 0.3) is 0 Å². The van der Waals surface area contributed by atoms with Crippen molar-refractivity contribution in [3.63, 3.8) is 0 Å². The number of nitrogens with two attached hydrogens (primary N) is 2. The van der Waals surface area contributed by atoms with Gasteiger partial charge in [-0.15, -0.1) is 23.1 Å². The van der Waals surface area contributed by atoms with Crippen LogP contribution in [-0.4, -0.2) is 36.5 Å². The van der Waals surface area contributed by atoms with Crippen LogP contribution in [0.5, 0.6) is 0 Å². The number of piperidine rings is 1. The molecule has 1 aromatic heterocycles. The summed E-state index contributed by atoms with van der Waals surface area (Å²) in [6, 6.07) is 0. The summed E-state index contributed by atoms with van der Waals surface area (Å²) in [6.07, 6.45) is 3.60. The van der Waals surface area contributed by atoms with E-state index in [0.717, 1.165) is 35.8 Å². The second-order valence-corrected chi connectivity index (χ2v) is 6.93. The highest BCUT2D eigenvalue weighted by Gasteiger charge is 2.27. The molecular weight excluding hydrogens is 294 g/mol. The molecule has 1 atom stereocenters. The normalized spacial score (nSPS) is 18.2. The van der Waals surface area contributed by atoms with Crippen LogP contribution < -0.4 is 16.4 Å². The first-order valence-electron chi connectivity index (χ1n) is 6.64. The predicted octanol–water partition coefficient (Wildman–Crippen LogP) is 1.75. The van der Waals surface area contributed by atoms with Gasteiger partial charge in [-0.2, -0.15) is 0 Å². The number of aliphatic hydroxyl groups is 1. The Morgan fingerprint density at radius 3 is 2.55 bits per heavy atom. The second kappa shape index (κ2) is 6.24. The van der Waals surface area contributed by atoms with Crippen LogP contribution in [-0.2, 0) is 0 Å². The monoisotopic (exact) mass is 315 g/mol. The molecule has 2 rings (SSSR count). The molecular formula is C13H21N3O2S2. The predicted molar refractivity (Wildman–Crippen MR) is 85.6 cm³/mol. The topological polar surface area (TPSA) is 92.6 Å². The molecule has 1 aliphatic rings. The fourth-order valence-corrected chi connectivity index (χ4v) is 4.68. The molecule has 1 unspecified atom stereocenters. The lowest BCUT2D eigenvalue weighted by Crippen LogP contribution is -2.36. The van der Waals surface area contributed by atoms with E-state index in [0.29, 0.717) is 16.5 Å². The van der Waals surface area contributed by atoms with Gasteiger partial charge in [-0.1, -0.05) is 0 Å². The third-order valence-electron chi connectivity index (χ3n) is 3.82. The van der Waals surface area contributed by atoms with E-state index >= 15 is 0 Å². The van der Waals surface area contributed by atoms with Crippen molar-refractivity contribution in [2.45, 2.75) is 30.8 Å². The van der Waals surface area contributed by atoms with Gasteiger partial charge in [0.25, 0.3) is 5.91 Å². The number of primary amides is 1. The third-order valence-corrected chi connectivity index (χ3v) is 6.05. The van der Waals surface area contributed by atoms with E-state index < -0.39 is 5.91 Å². The number of nitrogens with zero attached hydrogens (tertiary/aromatic N) is 1. The number of thioether (sulfide) groups is 1. The summed E-state index contributed by atoms with van der Waals surface area (Å²) in [5.74, 6) is -0.107. The molecule has 2 heterocycles. The molecule has 1 aromatic rings. The zero-order valence-corrected chi connectivity index (χ0v) is 13.4. The quantitative estimate of drug-likeness (QED) is 0.736. The first-order valence-corrected chi connectivity index (χ1v) is 8.68. The molecule has 5 nitrogen and oxygen atoms in total. The molecule has 0 spiro atoms. The Bertz CT molecular complexity index is 494. The van der Waals surface area contributed by atoms with Gasteiger partial charge >= 0.3 is 0 Å². The fourth-order valence-electron chi connectivity index (χ4n) is 2.59. The average Bonchev–Trinajstić information content (AvgIpc) is 2.75. The van der Waals surface area contributed by atoms with Crippen molar-refractivity contribution in [1.29, 1.82) is 0 Å². The zero-order chi connectivity index (χ0) is 14.9. The minimum absolute atomic E-state index is 0.258. The van der Waals surface area contributed by atoms with Crippen molar-refractivity contribution in [3.8, 4) is 0 Å². The van der Waals surface area contributed by atoms with E-state index in [2.05, 4.69) is 4.90 Å². The Morgan fingerprint density at radius 2 is 2.10 bits per heavy atom. The van der Waals surface area contributed by atoms with E-state index in [1.807, 2.05) is 13.2 Å². The van der Waals surface area contributed by atoms with Crippen molar-refractivity contribution in [3.05, 3.63) is 4.88 Å². The molecule has 5 N–H and O–H groups in total. The van der Waals surface area contributed by atoms with Gasteiger partial charge in [-0.3, -0.25) is 4.79 Å². The number of nitrogen functional groups attached to an aromatic ring is 1. The molecule has 1 aliphatic heterocycles. The SMILES string of the molecule is CSc1c(N2CCC(C(C)O)CC2)sc(C(N)=O)c1N. The van der Waals surface area contributed by atoms with E-state index in [1.165, 1.54) is 11.3 Å². The number of carbonyl (C=O) groups is 1. The number of carbonyl (C=O) groups excluding carboxylic acids is 1. The molecule has 1 fully saturated rings. The van der Waals surface area contributed by atoms with Gasteiger partial charge in [0.1, 0.15) is 9.88 Å². The maximum Gasteiger partial charge on any atom is 0.261 e. The Morgan fingerprint density at radius 1 is 1.50 bits per heavy atom. The first-order chi connectivity index (χ1) is 9.45. The van der Waals surface area contributed by atoms with E-state index in [1.54, 1.807) is 11.8 Å². The molecule has 112 valence electrons. The van der Waals surface area contributed by atoms with Crippen LogP contribution in [0, 0.1) is 5.92 Å². The van der Waals surface area contributed by atoms with Crippen LogP contribution in [0.1, 0.15) is 29.4 Å². The van der Waals surface area contributed by atoms with Gasteiger partial charge < -0.3 is 21.5 Å². The first kappa shape index (κ1) is 15.5. The number of rotatable bonds is 4. The third kappa shape index (κ3) is 2.89. The van der Waals surface area contributed by atoms with Crippen molar-refractivity contribution < 1.29 is 9.90 Å². The molecule has 0 aromatic carbocycles. The summed E-state index contributed by atoms with van der Waals surface area (Å²) in [5, 5.41) is 10.7. The van der Waals surface area contributed by atoms with Crippen LogP contribution in [0.4, 0.5) is 10.7 Å². The van der Waals surface area contributed by atoms with E-state index in [-0.39, 0.29) is 6.10 Å². The van der Waals surface area contributed by atoms with Crippen LogP contribution in [0.3, 0.4) is 0 Å². The molecule has 0 radical (unpaired) electrons. The highest BCUT2D eigenvalue weighted by atomic mass is 32.2. The van der Waals surface area contributed by atoms with Crippen LogP contribution >= 0.6 is 23.1 Å². The summed E-state index contributed by atoms with van der Waals surface area (Å²) in [7, 11) is 0. The van der Waals surface area contributed by atoms with Gasteiger partial charge in [-0.25, -0.2) is 0 Å². The maximum atomic E-state index is 11.4. The van der Waals surface area contributed by atoms with Crippen molar-refractivity contribution in [2.75, 3.05) is 30.0 Å². The fraction of sp³-hybridized carbons (Fsp3) is 0.615. The zero-order valence-electron chi connectivity index (χ0n) is 11.8. The number of hydrogen-bond acceptors (Lipinski definition) is 6. The van der Waals surface area contributed by atoms with Crippen molar-refractivity contribution in [2.24, 2.45) is 11.7 Å². The summed E-state index contributed by atoms with van der Waals surface area (Å²) in [5.41, 5.74) is 11.9. The van der Waals surface area contributed by atoms with E-state index in [9.17, 15) is 9.90 Å². The summed E-state index contributed by atoms with van der Waals surface area (Å²) in [6.45, 7) is 3.60. The number of amides is 1. The van der Waals surface area contributed by atoms with Gasteiger partial charge in [0.05, 0.1) is 16.7 Å². The van der Waals surface area contributed by atoms with Crippen molar-refractivity contribution in [1.82, 2.24) is 0 Å². The van der Waals surface area contributed by atoms with E-state index in [4.69, 9.17) is 11.5 Å². The van der Waals surface area contributed by atoms with Gasteiger partial charge in [0.15, 0.2) is 0 Å². The highest BCUT2D eigenvalue weighted by molar-refractivity contribution is 7.99. The minimum Gasteiger partial charge on any atom is -0.396 e. The second-order valence-electron chi connectivity index (χ2n) is 5.11. The maximum absolute atomic E-state index is 11.4. The lowest BCUT2D eigenvalue weighted by Gasteiger charge is -2.34. The molecule has 1 amide bonds. The Labute approximate surface area is 127 Å². The van der Waals surface area contributed by atoms with Crippen molar-refractivity contribution >= 4 is 39.7 Å². The van der Waals surface area contributed by atoms with Crippen LogP contribution in [0.15, 0.2) is 4.90 Å². The van der Waals surface area contributed by atoms with Gasteiger partial charge in [0.2, 0.25) is 0 Å². The number of hydrogen-bond donors (Lipinski definition) is 3. The average molecular weight is 315 g/mol. The van der Waals surface area contributed by atoms with Gasteiger partial charge in [-0.05, 0) is 31.9 Å². The van der Waals surface area contributed by atoms with Crippen LogP contribution in [0.2, 0.25) is 0 Å². The lowest BCUT2D eigenvalue weighted by molar-refractivity contribution is 0.100. The van der Waals surface area contributed by atoms with Gasteiger partial charge in [0, 0.05) is 13.1 Å². The summed E-state index contributed by atoms with van der Waals surface area (Å²) in [4.78, 5) is 15.1. The molecule has 0 bridgehead atoms. The lowest BCUT2D eigenvalue weighted by atomic mass is 9.92. The molecule has 0 saturated carbocycles. The number of aliphatic hydroxyl groups excluding tert-OH is 1. The molecule has 7 heteroatoms.